The van der Waals surface area contributed by atoms with E-state index in [1.165, 1.54) is 0 Å². The maximum absolute atomic E-state index is 4.35. The number of benzene rings is 1. The van der Waals surface area contributed by atoms with Gasteiger partial charge in [-0.2, -0.15) is 5.10 Å². The molecule has 0 amide bonds. The molecule has 1 aromatic carbocycles. The first kappa shape index (κ1) is 10.4. The van der Waals surface area contributed by atoms with Gasteiger partial charge in [-0.15, -0.1) is 0 Å². The Morgan fingerprint density at radius 1 is 1.06 bits per heavy atom. The smallest absolute Gasteiger partial charge is 0.0590 e. The molecule has 0 N–H and O–H groups in total. The van der Waals surface area contributed by atoms with Crippen LogP contribution in [0.4, 0.5) is 5.69 Å². The summed E-state index contributed by atoms with van der Waals surface area (Å²) in [4.78, 5) is 3.96. The van der Waals surface area contributed by atoms with E-state index in [2.05, 4.69) is 10.1 Å². The number of hydrogen-bond donors (Lipinski definition) is 0. The summed E-state index contributed by atoms with van der Waals surface area (Å²) in [5, 5.41) is 6.18. The highest BCUT2D eigenvalue weighted by Gasteiger charge is 1.94. The molecule has 0 atom stereocenters. The lowest BCUT2D eigenvalue weighted by Crippen LogP contribution is -2.08. The van der Waals surface area contributed by atoms with Crippen LogP contribution in [0.2, 0.25) is 0 Å². The summed E-state index contributed by atoms with van der Waals surface area (Å²) < 4.78 is 0. The molecule has 0 spiro atoms. The maximum Gasteiger partial charge on any atom is 0.0590 e. The van der Waals surface area contributed by atoms with E-state index >= 15 is 0 Å². The van der Waals surface area contributed by atoms with Gasteiger partial charge in [0.15, 0.2) is 0 Å². The van der Waals surface area contributed by atoms with Crippen LogP contribution in [0.1, 0.15) is 5.56 Å². The quantitative estimate of drug-likeness (QED) is 0.576. The van der Waals surface area contributed by atoms with Crippen molar-refractivity contribution >= 4 is 11.9 Å². The number of nitrogens with zero attached hydrogens (tertiary/aromatic N) is 3. The summed E-state index contributed by atoms with van der Waals surface area (Å²) in [6, 6.07) is 13.9. The fourth-order valence-corrected chi connectivity index (χ4v) is 1.31. The molecule has 0 saturated heterocycles. The molecule has 1 aromatic heterocycles. The zero-order valence-corrected chi connectivity index (χ0v) is 9.12. The van der Waals surface area contributed by atoms with Crippen molar-refractivity contribution in [1.29, 1.82) is 0 Å². The molecule has 3 heteroatoms. The lowest BCUT2D eigenvalue weighted by Gasteiger charge is -2.11. The zero-order valence-electron chi connectivity index (χ0n) is 9.12. The monoisotopic (exact) mass is 211 g/mol. The number of hydrogen-bond acceptors (Lipinski definition) is 3. The van der Waals surface area contributed by atoms with Crippen molar-refractivity contribution in [3.63, 3.8) is 0 Å². The molecule has 0 fully saturated rings. The van der Waals surface area contributed by atoms with Gasteiger partial charge in [-0.05, 0) is 29.8 Å². The average molecular weight is 211 g/mol. The van der Waals surface area contributed by atoms with Gasteiger partial charge in [0.2, 0.25) is 0 Å². The molecule has 0 aliphatic rings. The Balaban J connectivity index is 2.08. The summed E-state index contributed by atoms with van der Waals surface area (Å²) in [5.74, 6) is 0. The van der Waals surface area contributed by atoms with E-state index in [0.717, 1.165) is 11.3 Å². The first-order valence-corrected chi connectivity index (χ1v) is 5.09. The number of aromatic nitrogens is 1. The molecule has 16 heavy (non-hydrogen) atoms. The number of anilines is 1. The van der Waals surface area contributed by atoms with Gasteiger partial charge in [-0.3, -0.25) is 9.99 Å². The van der Waals surface area contributed by atoms with Crippen LogP contribution < -0.4 is 5.01 Å². The molecule has 0 aliphatic carbocycles. The van der Waals surface area contributed by atoms with Gasteiger partial charge in [0, 0.05) is 19.4 Å². The van der Waals surface area contributed by atoms with E-state index in [1.807, 2.05) is 60.7 Å². The molecule has 80 valence electrons. The van der Waals surface area contributed by atoms with Crippen molar-refractivity contribution in [1.82, 2.24) is 4.98 Å². The van der Waals surface area contributed by atoms with Crippen LogP contribution in [0, 0.1) is 0 Å². The van der Waals surface area contributed by atoms with Crippen LogP contribution in [-0.2, 0) is 0 Å². The Hall–Kier alpha value is -2.16. The van der Waals surface area contributed by atoms with Crippen LogP contribution in [0.15, 0.2) is 60.0 Å². The Morgan fingerprint density at radius 2 is 1.75 bits per heavy atom. The number of pyridine rings is 1. The third-order valence-corrected chi connectivity index (χ3v) is 2.22. The van der Waals surface area contributed by atoms with Crippen molar-refractivity contribution in [2.24, 2.45) is 5.10 Å². The molecule has 3 nitrogen and oxygen atoms in total. The minimum absolute atomic E-state index is 1.04. The highest BCUT2D eigenvalue weighted by Crippen LogP contribution is 2.10. The Kier molecular flexibility index (Phi) is 3.28. The van der Waals surface area contributed by atoms with Crippen LogP contribution in [-0.4, -0.2) is 18.2 Å². The number of hydrazone groups is 1. The minimum Gasteiger partial charge on any atom is -0.269 e. The summed E-state index contributed by atoms with van der Waals surface area (Å²) in [6.07, 6.45) is 5.32. The fraction of sp³-hybridized carbons (Fsp3) is 0.0769. The molecule has 0 saturated carbocycles. The van der Waals surface area contributed by atoms with Crippen molar-refractivity contribution in [3.05, 3.63) is 60.4 Å². The normalized spacial score (nSPS) is 10.6. The lowest BCUT2D eigenvalue weighted by atomic mass is 10.3. The number of para-hydroxylation sites is 1. The second-order valence-corrected chi connectivity index (χ2v) is 3.38. The van der Waals surface area contributed by atoms with E-state index in [0.29, 0.717) is 0 Å². The second-order valence-electron chi connectivity index (χ2n) is 3.38. The van der Waals surface area contributed by atoms with Gasteiger partial charge in [-0.1, -0.05) is 18.2 Å². The van der Waals surface area contributed by atoms with Gasteiger partial charge in [0.1, 0.15) is 0 Å². The average Bonchev–Trinajstić information content (AvgIpc) is 2.38. The Morgan fingerprint density at radius 3 is 2.44 bits per heavy atom. The molecule has 2 rings (SSSR count). The molecular weight excluding hydrogens is 198 g/mol. The molecular formula is C13H13N3. The summed E-state index contributed by atoms with van der Waals surface area (Å²) >= 11 is 0. The van der Waals surface area contributed by atoms with Crippen LogP contribution >= 0.6 is 0 Å². The zero-order chi connectivity index (χ0) is 11.2. The van der Waals surface area contributed by atoms with Crippen molar-refractivity contribution in [3.8, 4) is 0 Å². The molecule has 2 aromatic rings. The van der Waals surface area contributed by atoms with Gasteiger partial charge < -0.3 is 0 Å². The van der Waals surface area contributed by atoms with Gasteiger partial charge in [0.05, 0.1) is 11.9 Å². The van der Waals surface area contributed by atoms with Crippen LogP contribution in [0.5, 0.6) is 0 Å². The number of rotatable bonds is 3. The predicted molar refractivity (Wildman–Crippen MR) is 66.7 cm³/mol. The largest absolute Gasteiger partial charge is 0.269 e. The van der Waals surface area contributed by atoms with Gasteiger partial charge in [0.25, 0.3) is 0 Å². The van der Waals surface area contributed by atoms with E-state index < -0.39 is 0 Å². The third kappa shape index (κ3) is 2.67. The highest BCUT2D eigenvalue weighted by atomic mass is 15.4. The van der Waals surface area contributed by atoms with Gasteiger partial charge in [-0.25, -0.2) is 0 Å². The molecule has 0 radical (unpaired) electrons. The predicted octanol–water partition coefficient (Wildman–Crippen LogP) is 2.55. The van der Waals surface area contributed by atoms with Gasteiger partial charge >= 0.3 is 0 Å². The standard InChI is InChI=1S/C13H13N3/c1-16(13-5-3-2-4-6-13)15-11-12-7-9-14-10-8-12/h2-11H,1H3/b15-11+. The van der Waals surface area contributed by atoms with Crippen molar-refractivity contribution < 1.29 is 0 Å². The molecule has 0 unspecified atom stereocenters. The molecule has 0 bridgehead atoms. The van der Waals surface area contributed by atoms with Crippen molar-refractivity contribution in [2.75, 3.05) is 12.1 Å². The lowest BCUT2D eigenvalue weighted by molar-refractivity contribution is 1.02. The van der Waals surface area contributed by atoms with Crippen LogP contribution in [0.25, 0.3) is 0 Å². The maximum atomic E-state index is 4.35. The minimum atomic E-state index is 1.04. The van der Waals surface area contributed by atoms with Crippen molar-refractivity contribution in [2.45, 2.75) is 0 Å². The van der Waals surface area contributed by atoms with E-state index in [9.17, 15) is 0 Å². The highest BCUT2D eigenvalue weighted by molar-refractivity contribution is 5.79. The second kappa shape index (κ2) is 5.07. The topological polar surface area (TPSA) is 28.5 Å². The fourth-order valence-electron chi connectivity index (χ4n) is 1.31. The summed E-state index contributed by atoms with van der Waals surface area (Å²) in [5.41, 5.74) is 2.10. The summed E-state index contributed by atoms with van der Waals surface area (Å²) in [7, 11) is 1.92. The van der Waals surface area contributed by atoms with E-state index in [-0.39, 0.29) is 0 Å². The molecule has 0 aliphatic heterocycles. The Bertz CT molecular complexity index is 451. The summed E-state index contributed by atoms with van der Waals surface area (Å²) in [6.45, 7) is 0. The third-order valence-electron chi connectivity index (χ3n) is 2.22. The van der Waals surface area contributed by atoms with Crippen LogP contribution in [0.3, 0.4) is 0 Å². The first-order chi connectivity index (χ1) is 7.86. The molecule has 1 heterocycles. The van der Waals surface area contributed by atoms with E-state index in [4.69, 9.17) is 0 Å². The Labute approximate surface area is 95.1 Å². The SMILES string of the molecule is CN(/N=C/c1ccncc1)c1ccccc1. The first-order valence-electron chi connectivity index (χ1n) is 5.09. The van der Waals surface area contributed by atoms with E-state index in [1.54, 1.807) is 12.4 Å².